The summed E-state index contributed by atoms with van der Waals surface area (Å²) < 4.78 is 0. The summed E-state index contributed by atoms with van der Waals surface area (Å²) in [5.41, 5.74) is 0. The van der Waals surface area contributed by atoms with Gasteiger partial charge in [0.05, 0.1) is 12.6 Å². The van der Waals surface area contributed by atoms with Gasteiger partial charge in [0.2, 0.25) is 0 Å². The van der Waals surface area contributed by atoms with Gasteiger partial charge in [0.1, 0.15) is 0 Å². The summed E-state index contributed by atoms with van der Waals surface area (Å²) >= 11 is 0. The van der Waals surface area contributed by atoms with Crippen LogP contribution in [0, 0.1) is 11.3 Å². The summed E-state index contributed by atoms with van der Waals surface area (Å²) in [4.78, 5) is 4.81. The zero-order chi connectivity index (χ0) is 11.8. The number of rotatable bonds is 7. The summed E-state index contributed by atoms with van der Waals surface area (Å²) in [7, 11) is 0. The van der Waals surface area contributed by atoms with E-state index in [4.69, 9.17) is 5.26 Å². The molecule has 1 fully saturated rings. The molecule has 1 saturated carbocycles. The highest BCUT2D eigenvalue weighted by atomic mass is 15.2. The Bertz CT molecular complexity index is 212. The molecule has 1 aliphatic rings. The molecule has 0 aromatic carbocycles. The quantitative estimate of drug-likeness (QED) is 0.619. The SMILES string of the molecule is CCN(CC)CCN(CC#N)C1CCCC1. The van der Waals surface area contributed by atoms with E-state index in [2.05, 4.69) is 29.7 Å². The summed E-state index contributed by atoms with van der Waals surface area (Å²) in [6, 6.07) is 2.99. The second-order valence-electron chi connectivity index (χ2n) is 4.59. The maximum Gasteiger partial charge on any atom is 0.0868 e. The fourth-order valence-corrected chi connectivity index (χ4v) is 2.56. The number of nitrogens with zero attached hydrogens (tertiary/aromatic N) is 3. The first-order chi connectivity index (χ1) is 7.81. The van der Waals surface area contributed by atoms with Gasteiger partial charge in [-0.2, -0.15) is 5.26 Å². The molecule has 92 valence electrons. The van der Waals surface area contributed by atoms with Gasteiger partial charge >= 0.3 is 0 Å². The molecule has 0 aromatic heterocycles. The lowest BCUT2D eigenvalue weighted by molar-refractivity contribution is 0.183. The van der Waals surface area contributed by atoms with Gasteiger partial charge in [-0.05, 0) is 25.9 Å². The Balaban J connectivity index is 2.35. The van der Waals surface area contributed by atoms with Gasteiger partial charge < -0.3 is 4.90 Å². The lowest BCUT2D eigenvalue weighted by Gasteiger charge is -2.29. The van der Waals surface area contributed by atoms with Crippen LogP contribution >= 0.6 is 0 Å². The Hall–Kier alpha value is -0.590. The summed E-state index contributed by atoms with van der Waals surface area (Å²) in [6.45, 7) is 9.39. The highest BCUT2D eigenvalue weighted by Crippen LogP contribution is 2.22. The van der Waals surface area contributed by atoms with Crippen molar-refractivity contribution in [3.05, 3.63) is 0 Å². The lowest BCUT2D eigenvalue weighted by Crippen LogP contribution is -2.40. The molecule has 0 radical (unpaired) electrons. The van der Waals surface area contributed by atoms with E-state index in [1.165, 1.54) is 25.7 Å². The van der Waals surface area contributed by atoms with Crippen molar-refractivity contribution in [1.82, 2.24) is 9.80 Å². The monoisotopic (exact) mass is 223 g/mol. The van der Waals surface area contributed by atoms with Crippen LogP contribution in [-0.2, 0) is 0 Å². The molecule has 3 heteroatoms. The molecule has 0 aliphatic heterocycles. The van der Waals surface area contributed by atoms with Gasteiger partial charge in [-0.15, -0.1) is 0 Å². The van der Waals surface area contributed by atoms with Crippen LogP contribution in [0.25, 0.3) is 0 Å². The van der Waals surface area contributed by atoms with Crippen molar-refractivity contribution in [2.75, 3.05) is 32.7 Å². The molecule has 0 amide bonds. The molecule has 0 spiro atoms. The third-order valence-electron chi connectivity index (χ3n) is 3.71. The minimum Gasteiger partial charge on any atom is -0.303 e. The number of likely N-dealkylation sites (N-methyl/N-ethyl adjacent to an activating group) is 1. The van der Waals surface area contributed by atoms with E-state index in [-0.39, 0.29) is 0 Å². The third kappa shape index (κ3) is 4.11. The minimum absolute atomic E-state index is 0.603. The highest BCUT2D eigenvalue weighted by molar-refractivity contribution is 4.85. The summed E-state index contributed by atoms with van der Waals surface area (Å²) in [5, 5.41) is 8.87. The fraction of sp³-hybridized carbons (Fsp3) is 0.923. The van der Waals surface area contributed by atoms with Gasteiger partial charge in [-0.1, -0.05) is 26.7 Å². The Kier molecular flexibility index (Phi) is 6.44. The lowest BCUT2D eigenvalue weighted by atomic mass is 10.2. The molecule has 0 N–H and O–H groups in total. The first-order valence-electron chi connectivity index (χ1n) is 6.65. The van der Waals surface area contributed by atoms with Crippen molar-refractivity contribution < 1.29 is 0 Å². The van der Waals surface area contributed by atoms with Crippen molar-refractivity contribution in [1.29, 1.82) is 5.26 Å². The van der Waals surface area contributed by atoms with E-state index in [0.29, 0.717) is 12.6 Å². The van der Waals surface area contributed by atoms with E-state index in [9.17, 15) is 0 Å². The Morgan fingerprint density at radius 3 is 2.25 bits per heavy atom. The Labute approximate surface area is 100 Å². The van der Waals surface area contributed by atoms with Crippen molar-refractivity contribution >= 4 is 0 Å². The molecular formula is C13H25N3. The number of hydrogen-bond acceptors (Lipinski definition) is 3. The molecule has 0 atom stereocenters. The van der Waals surface area contributed by atoms with Gasteiger partial charge in [0.15, 0.2) is 0 Å². The van der Waals surface area contributed by atoms with E-state index >= 15 is 0 Å². The molecular weight excluding hydrogens is 198 g/mol. The van der Waals surface area contributed by atoms with E-state index in [1.807, 2.05) is 0 Å². The van der Waals surface area contributed by atoms with Crippen LogP contribution in [0.4, 0.5) is 0 Å². The highest BCUT2D eigenvalue weighted by Gasteiger charge is 2.22. The van der Waals surface area contributed by atoms with Crippen molar-refractivity contribution in [2.45, 2.75) is 45.6 Å². The van der Waals surface area contributed by atoms with Gasteiger partial charge in [-0.25, -0.2) is 0 Å². The van der Waals surface area contributed by atoms with Crippen LogP contribution in [0.5, 0.6) is 0 Å². The normalized spacial score (nSPS) is 17.2. The van der Waals surface area contributed by atoms with E-state index in [1.54, 1.807) is 0 Å². The predicted molar refractivity (Wildman–Crippen MR) is 67.2 cm³/mol. The van der Waals surface area contributed by atoms with Crippen molar-refractivity contribution in [3.63, 3.8) is 0 Å². The molecule has 1 rings (SSSR count). The van der Waals surface area contributed by atoms with E-state index < -0.39 is 0 Å². The maximum atomic E-state index is 8.87. The van der Waals surface area contributed by atoms with Crippen molar-refractivity contribution in [3.8, 4) is 6.07 Å². The number of nitriles is 1. The second kappa shape index (κ2) is 7.65. The molecule has 0 heterocycles. The number of hydrogen-bond donors (Lipinski definition) is 0. The first-order valence-corrected chi connectivity index (χ1v) is 6.65. The Morgan fingerprint density at radius 1 is 1.12 bits per heavy atom. The van der Waals surface area contributed by atoms with Crippen molar-refractivity contribution in [2.24, 2.45) is 0 Å². The zero-order valence-electron chi connectivity index (χ0n) is 10.8. The molecule has 0 unspecified atom stereocenters. The molecule has 16 heavy (non-hydrogen) atoms. The second-order valence-corrected chi connectivity index (χ2v) is 4.59. The molecule has 0 aromatic rings. The molecule has 1 aliphatic carbocycles. The maximum absolute atomic E-state index is 8.87. The largest absolute Gasteiger partial charge is 0.303 e. The smallest absolute Gasteiger partial charge is 0.0868 e. The molecule has 0 bridgehead atoms. The summed E-state index contributed by atoms with van der Waals surface area (Å²) in [5.74, 6) is 0. The van der Waals surface area contributed by atoms with Crippen LogP contribution in [0.1, 0.15) is 39.5 Å². The van der Waals surface area contributed by atoms with Crippen LogP contribution in [-0.4, -0.2) is 48.6 Å². The minimum atomic E-state index is 0.603. The van der Waals surface area contributed by atoms with Crippen LogP contribution < -0.4 is 0 Å². The van der Waals surface area contributed by atoms with E-state index in [0.717, 1.165) is 26.2 Å². The molecule has 3 nitrogen and oxygen atoms in total. The topological polar surface area (TPSA) is 30.3 Å². The summed E-state index contributed by atoms with van der Waals surface area (Å²) in [6.07, 6.45) is 5.27. The fourth-order valence-electron chi connectivity index (χ4n) is 2.56. The van der Waals surface area contributed by atoms with Crippen LogP contribution in [0.15, 0.2) is 0 Å². The first kappa shape index (κ1) is 13.5. The standard InChI is InChI=1S/C13H25N3/c1-3-15(4-2)11-12-16(10-9-14)13-7-5-6-8-13/h13H,3-8,10-12H2,1-2H3. The van der Waals surface area contributed by atoms with Gasteiger partial charge in [-0.3, -0.25) is 4.90 Å². The van der Waals surface area contributed by atoms with Crippen LogP contribution in [0.2, 0.25) is 0 Å². The third-order valence-corrected chi connectivity index (χ3v) is 3.71. The van der Waals surface area contributed by atoms with Gasteiger partial charge in [0.25, 0.3) is 0 Å². The zero-order valence-corrected chi connectivity index (χ0v) is 10.8. The molecule has 0 saturated heterocycles. The van der Waals surface area contributed by atoms with Gasteiger partial charge in [0, 0.05) is 19.1 Å². The Morgan fingerprint density at radius 2 is 1.75 bits per heavy atom. The predicted octanol–water partition coefficient (Wildman–Crippen LogP) is 2.10. The average molecular weight is 223 g/mol. The average Bonchev–Trinajstić information content (AvgIpc) is 2.82. The van der Waals surface area contributed by atoms with Crippen LogP contribution in [0.3, 0.4) is 0 Å².